The summed E-state index contributed by atoms with van der Waals surface area (Å²) in [6.45, 7) is 10.7. The molecule has 4 aromatic rings. The highest BCUT2D eigenvalue weighted by Crippen LogP contribution is 2.29. The summed E-state index contributed by atoms with van der Waals surface area (Å²) in [6, 6.07) is 18.7. The van der Waals surface area contributed by atoms with Gasteiger partial charge in [-0.3, -0.25) is 14.7 Å². The van der Waals surface area contributed by atoms with Gasteiger partial charge in [-0.25, -0.2) is 9.48 Å². The number of carbonyl (C=O) groups is 2. The van der Waals surface area contributed by atoms with Gasteiger partial charge in [-0.15, -0.1) is 10.2 Å². The Morgan fingerprint density at radius 3 is 2.49 bits per heavy atom. The summed E-state index contributed by atoms with van der Waals surface area (Å²) in [6.07, 6.45) is 0. The van der Waals surface area contributed by atoms with Gasteiger partial charge in [0.05, 0.1) is 34.8 Å². The van der Waals surface area contributed by atoms with Crippen LogP contribution < -0.4 is 15.6 Å². The van der Waals surface area contributed by atoms with Crippen molar-refractivity contribution in [3.05, 3.63) is 105 Å². The Labute approximate surface area is 237 Å². The quantitative estimate of drug-likeness (QED) is 0.211. The van der Waals surface area contributed by atoms with Crippen LogP contribution in [0.5, 0.6) is 5.75 Å². The predicted molar refractivity (Wildman–Crippen MR) is 156 cm³/mol. The van der Waals surface area contributed by atoms with E-state index in [0.29, 0.717) is 29.3 Å². The SMILES string of the molecule is CCOc1ccc(C(C)(C)C)cc1CNC(=O)c1ccccc1N=Nc1c(C)[nH]n(-c2cccc(C(=O)O)c2)c1=O. The van der Waals surface area contributed by atoms with Gasteiger partial charge in [-0.05, 0) is 67.3 Å². The Balaban J connectivity index is 1.58. The first kappa shape index (κ1) is 29.0. The molecule has 0 spiro atoms. The van der Waals surface area contributed by atoms with Gasteiger partial charge in [0.25, 0.3) is 11.5 Å². The molecule has 0 aliphatic rings. The lowest BCUT2D eigenvalue weighted by Crippen LogP contribution is -2.23. The maximum atomic E-state index is 13.2. The minimum absolute atomic E-state index is 0.0429. The van der Waals surface area contributed by atoms with Gasteiger partial charge in [-0.1, -0.05) is 45.0 Å². The number of carboxylic acid groups (broad SMARTS) is 1. The molecular weight excluding hydrogens is 522 g/mol. The van der Waals surface area contributed by atoms with Crippen LogP contribution in [-0.4, -0.2) is 33.4 Å². The normalized spacial score (nSPS) is 11.5. The van der Waals surface area contributed by atoms with E-state index in [-0.39, 0.29) is 34.8 Å². The highest BCUT2D eigenvalue weighted by Gasteiger charge is 2.18. The standard InChI is InChI=1S/C31H33N5O5/c1-6-41-26-15-14-22(31(3,4)5)16-21(26)18-32-28(37)24-12-7-8-13-25(24)33-34-27-19(2)35-36(29(27)38)23-11-9-10-20(17-23)30(39)40/h7-17,35H,6,18H2,1-5H3,(H,32,37)(H,39,40). The summed E-state index contributed by atoms with van der Waals surface area (Å²) in [7, 11) is 0. The molecule has 0 radical (unpaired) electrons. The average Bonchev–Trinajstić information content (AvgIpc) is 3.23. The number of nitrogens with one attached hydrogen (secondary N) is 2. The summed E-state index contributed by atoms with van der Waals surface area (Å²) in [4.78, 5) is 37.7. The van der Waals surface area contributed by atoms with E-state index >= 15 is 0 Å². The van der Waals surface area contributed by atoms with E-state index < -0.39 is 11.5 Å². The fraction of sp³-hybridized carbons (Fsp3) is 0.258. The molecule has 41 heavy (non-hydrogen) atoms. The van der Waals surface area contributed by atoms with Crippen molar-refractivity contribution in [1.82, 2.24) is 15.1 Å². The molecule has 0 fully saturated rings. The van der Waals surface area contributed by atoms with Crippen LogP contribution in [0.2, 0.25) is 0 Å². The molecule has 1 aromatic heterocycles. The van der Waals surface area contributed by atoms with Crippen LogP contribution in [0, 0.1) is 6.92 Å². The van der Waals surface area contributed by atoms with E-state index in [0.717, 1.165) is 11.1 Å². The monoisotopic (exact) mass is 555 g/mol. The lowest BCUT2D eigenvalue weighted by molar-refractivity contribution is 0.0696. The fourth-order valence-corrected chi connectivity index (χ4v) is 4.22. The maximum Gasteiger partial charge on any atom is 0.335 e. The first-order valence-corrected chi connectivity index (χ1v) is 13.2. The summed E-state index contributed by atoms with van der Waals surface area (Å²) in [5.74, 6) is -0.743. The van der Waals surface area contributed by atoms with Gasteiger partial charge in [-0.2, -0.15) is 0 Å². The molecule has 3 N–H and O–H groups in total. The van der Waals surface area contributed by atoms with Gasteiger partial charge < -0.3 is 15.2 Å². The largest absolute Gasteiger partial charge is 0.494 e. The van der Waals surface area contributed by atoms with Crippen molar-refractivity contribution in [2.24, 2.45) is 10.2 Å². The number of hydrogen-bond acceptors (Lipinski definition) is 6. The lowest BCUT2D eigenvalue weighted by atomic mass is 9.86. The zero-order valence-corrected chi connectivity index (χ0v) is 23.7. The minimum Gasteiger partial charge on any atom is -0.494 e. The zero-order chi connectivity index (χ0) is 29.7. The maximum absolute atomic E-state index is 13.2. The second kappa shape index (κ2) is 12.0. The Morgan fingerprint density at radius 2 is 1.78 bits per heavy atom. The van der Waals surface area contributed by atoms with Gasteiger partial charge in [0.1, 0.15) is 5.75 Å². The third kappa shape index (κ3) is 6.60. The van der Waals surface area contributed by atoms with Crippen molar-refractivity contribution in [1.29, 1.82) is 0 Å². The smallest absolute Gasteiger partial charge is 0.335 e. The number of aryl methyl sites for hydroxylation is 1. The number of carbonyl (C=O) groups excluding carboxylic acids is 1. The first-order chi connectivity index (χ1) is 19.5. The van der Waals surface area contributed by atoms with E-state index in [1.165, 1.54) is 16.8 Å². The zero-order valence-electron chi connectivity index (χ0n) is 23.7. The second-order valence-electron chi connectivity index (χ2n) is 10.5. The third-order valence-corrected chi connectivity index (χ3v) is 6.46. The molecule has 1 amide bonds. The summed E-state index contributed by atoms with van der Waals surface area (Å²) < 4.78 is 6.98. The van der Waals surface area contributed by atoms with Crippen LogP contribution in [0.3, 0.4) is 0 Å². The summed E-state index contributed by atoms with van der Waals surface area (Å²) in [5.41, 5.74) is 2.88. The van der Waals surface area contributed by atoms with Crippen LogP contribution in [0.1, 0.15) is 65.2 Å². The number of carboxylic acids is 1. The molecule has 0 saturated heterocycles. The number of aromatic amines is 1. The van der Waals surface area contributed by atoms with Crippen molar-refractivity contribution < 1.29 is 19.4 Å². The van der Waals surface area contributed by atoms with Gasteiger partial charge in [0.2, 0.25) is 0 Å². The highest BCUT2D eigenvalue weighted by atomic mass is 16.5. The van der Waals surface area contributed by atoms with Crippen LogP contribution in [0.15, 0.2) is 81.8 Å². The van der Waals surface area contributed by atoms with E-state index in [1.807, 2.05) is 25.1 Å². The molecule has 10 heteroatoms. The Morgan fingerprint density at radius 1 is 1.02 bits per heavy atom. The third-order valence-electron chi connectivity index (χ3n) is 6.46. The number of aromatic carboxylic acids is 1. The van der Waals surface area contributed by atoms with E-state index in [1.54, 1.807) is 43.3 Å². The number of rotatable bonds is 9. The van der Waals surface area contributed by atoms with E-state index in [4.69, 9.17) is 4.74 Å². The van der Waals surface area contributed by atoms with Crippen molar-refractivity contribution in [2.45, 2.75) is 46.6 Å². The first-order valence-electron chi connectivity index (χ1n) is 13.2. The molecule has 0 atom stereocenters. The molecular formula is C31H33N5O5. The number of hydrogen-bond donors (Lipinski definition) is 3. The fourth-order valence-electron chi connectivity index (χ4n) is 4.22. The Kier molecular flexibility index (Phi) is 8.51. The molecule has 10 nitrogen and oxygen atoms in total. The average molecular weight is 556 g/mol. The molecule has 0 aliphatic heterocycles. The number of ether oxygens (including phenoxy) is 1. The van der Waals surface area contributed by atoms with E-state index in [9.17, 15) is 19.5 Å². The number of benzene rings is 3. The molecule has 3 aromatic carbocycles. The number of amides is 1. The van der Waals surface area contributed by atoms with Gasteiger partial charge >= 0.3 is 5.97 Å². The van der Waals surface area contributed by atoms with Crippen molar-refractivity contribution in [2.75, 3.05) is 6.61 Å². The topological polar surface area (TPSA) is 138 Å². The van der Waals surface area contributed by atoms with Crippen LogP contribution in [0.4, 0.5) is 11.4 Å². The number of aromatic nitrogens is 2. The van der Waals surface area contributed by atoms with E-state index in [2.05, 4.69) is 41.4 Å². The molecule has 0 unspecified atom stereocenters. The Bertz CT molecular complexity index is 1680. The molecule has 4 rings (SSSR count). The van der Waals surface area contributed by atoms with Gasteiger partial charge in [0, 0.05) is 12.1 Å². The molecule has 0 aliphatic carbocycles. The predicted octanol–water partition coefficient (Wildman–Crippen LogP) is 6.21. The number of nitrogens with zero attached hydrogens (tertiary/aromatic N) is 3. The van der Waals surface area contributed by atoms with Crippen LogP contribution in [-0.2, 0) is 12.0 Å². The molecule has 0 saturated carbocycles. The molecule has 0 bridgehead atoms. The van der Waals surface area contributed by atoms with Crippen molar-refractivity contribution in [3.63, 3.8) is 0 Å². The van der Waals surface area contributed by atoms with Crippen LogP contribution >= 0.6 is 0 Å². The number of azo groups is 1. The summed E-state index contributed by atoms with van der Waals surface area (Å²) in [5, 5.41) is 23.5. The highest BCUT2D eigenvalue weighted by molar-refractivity contribution is 5.98. The van der Waals surface area contributed by atoms with Crippen molar-refractivity contribution in [3.8, 4) is 11.4 Å². The lowest BCUT2D eigenvalue weighted by Gasteiger charge is -2.21. The Hall–Kier alpha value is -4.99. The van der Waals surface area contributed by atoms with Crippen molar-refractivity contribution >= 4 is 23.3 Å². The summed E-state index contributed by atoms with van der Waals surface area (Å²) >= 11 is 0. The molecule has 1 heterocycles. The second-order valence-corrected chi connectivity index (χ2v) is 10.5. The minimum atomic E-state index is -1.10. The number of H-pyrrole nitrogens is 1. The molecule has 212 valence electrons. The van der Waals surface area contributed by atoms with Gasteiger partial charge in [0.15, 0.2) is 5.69 Å². The van der Waals surface area contributed by atoms with Crippen LogP contribution in [0.25, 0.3) is 5.69 Å².